The van der Waals surface area contributed by atoms with Crippen LogP contribution in [0.1, 0.15) is 35.2 Å². The quantitative estimate of drug-likeness (QED) is 0.661. The van der Waals surface area contributed by atoms with Crippen LogP contribution < -0.4 is 5.32 Å². The van der Waals surface area contributed by atoms with Gasteiger partial charge in [0.25, 0.3) is 0 Å². The minimum absolute atomic E-state index is 0.0201. The minimum atomic E-state index is -1.02. The molecule has 1 aromatic carbocycles. The highest BCUT2D eigenvalue weighted by Crippen LogP contribution is 2.47. The second-order valence-corrected chi connectivity index (χ2v) is 5.86. The van der Waals surface area contributed by atoms with E-state index < -0.39 is 12.0 Å². The van der Waals surface area contributed by atoms with Crippen molar-refractivity contribution in [3.05, 3.63) is 40.4 Å². The van der Waals surface area contributed by atoms with Crippen molar-refractivity contribution in [1.82, 2.24) is 0 Å². The van der Waals surface area contributed by atoms with E-state index in [4.69, 9.17) is 16.3 Å². The first kappa shape index (κ1) is 14.9. The molecule has 0 radical (unpaired) electrons. The van der Waals surface area contributed by atoms with E-state index in [1.807, 2.05) is 12.2 Å². The molecule has 6 heteroatoms. The number of hydrogen-bond donors (Lipinski definition) is 2. The number of benzene rings is 1. The Hall–Kier alpha value is -2.01. The van der Waals surface area contributed by atoms with E-state index in [1.54, 1.807) is 13.0 Å². The predicted octanol–water partition coefficient (Wildman–Crippen LogP) is 3.06. The van der Waals surface area contributed by atoms with Gasteiger partial charge in [-0.1, -0.05) is 23.8 Å². The standard InChI is InChI=1S/C16H16ClNO4/c1-2-22-16(21)14-10-5-3-4-9(10)11-6-8(15(19)20)7-12(17)13(11)18-14/h3-4,6-7,9-10,14,18H,2,5H2,1H3,(H,19,20)/t9-,10+,14-/m0/s1. The molecule has 0 saturated carbocycles. The van der Waals surface area contributed by atoms with Gasteiger partial charge >= 0.3 is 11.9 Å². The fourth-order valence-corrected chi connectivity index (χ4v) is 3.53. The Morgan fingerprint density at radius 2 is 2.23 bits per heavy atom. The molecule has 1 aromatic rings. The number of hydrogen-bond acceptors (Lipinski definition) is 4. The van der Waals surface area contributed by atoms with E-state index in [1.165, 1.54) is 6.07 Å². The van der Waals surface area contributed by atoms with Crippen LogP contribution in [0.2, 0.25) is 5.02 Å². The normalized spacial score (nSPS) is 25.1. The molecule has 0 amide bonds. The summed E-state index contributed by atoms with van der Waals surface area (Å²) in [6.45, 7) is 2.09. The maximum absolute atomic E-state index is 12.2. The maximum atomic E-state index is 12.2. The highest BCUT2D eigenvalue weighted by atomic mass is 35.5. The SMILES string of the molecule is CCOC(=O)[C@H]1Nc2c(Cl)cc(C(=O)O)cc2[C@H]2C=CC[C@@H]12. The Morgan fingerprint density at radius 1 is 1.45 bits per heavy atom. The first-order chi connectivity index (χ1) is 10.5. The molecule has 0 fully saturated rings. The summed E-state index contributed by atoms with van der Waals surface area (Å²) in [5.41, 5.74) is 1.60. The third kappa shape index (κ3) is 2.35. The molecule has 116 valence electrons. The number of fused-ring (bicyclic) bond motifs is 3. The first-order valence-electron chi connectivity index (χ1n) is 7.19. The van der Waals surface area contributed by atoms with Crippen LogP contribution in [0.3, 0.4) is 0 Å². The molecule has 2 N–H and O–H groups in total. The van der Waals surface area contributed by atoms with Gasteiger partial charge in [0.1, 0.15) is 6.04 Å². The largest absolute Gasteiger partial charge is 0.478 e. The fourth-order valence-electron chi connectivity index (χ4n) is 3.24. The number of carboxylic acids is 1. The highest BCUT2D eigenvalue weighted by Gasteiger charge is 2.42. The topological polar surface area (TPSA) is 75.6 Å². The zero-order chi connectivity index (χ0) is 15.9. The maximum Gasteiger partial charge on any atom is 0.335 e. The molecule has 5 nitrogen and oxygen atoms in total. The second-order valence-electron chi connectivity index (χ2n) is 5.45. The number of aromatic carboxylic acids is 1. The number of carbonyl (C=O) groups excluding carboxylic acids is 1. The van der Waals surface area contributed by atoms with E-state index >= 15 is 0 Å². The second kappa shape index (κ2) is 5.65. The van der Waals surface area contributed by atoms with Crippen LogP contribution >= 0.6 is 11.6 Å². The molecule has 1 aliphatic heterocycles. The molecule has 0 spiro atoms. The van der Waals surface area contributed by atoms with Gasteiger partial charge in [-0.05, 0) is 31.0 Å². The van der Waals surface area contributed by atoms with Crippen LogP contribution in [0, 0.1) is 5.92 Å². The molecule has 0 saturated heterocycles. The Morgan fingerprint density at radius 3 is 2.91 bits per heavy atom. The lowest BCUT2D eigenvalue weighted by Gasteiger charge is -2.36. The van der Waals surface area contributed by atoms with Crippen molar-refractivity contribution in [2.75, 3.05) is 11.9 Å². The number of esters is 1. The third-order valence-corrected chi connectivity index (χ3v) is 4.51. The first-order valence-corrected chi connectivity index (χ1v) is 7.57. The molecule has 0 unspecified atom stereocenters. The molecule has 22 heavy (non-hydrogen) atoms. The lowest BCUT2D eigenvalue weighted by Crippen LogP contribution is -2.43. The summed E-state index contributed by atoms with van der Waals surface area (Å²) in [5, 5.41) is 12.6. The van der Waals surface area contributed by atoms with Gasteiger partial charge in [0, 0.05) is 11.8 Å². The monoisotopic (exact) mass is 321 g/mol. The molecule has 2 aliphatic rings. The van der Waals surface area contributed by atoms with Crippen molar-refractivity contribution < 1.29 is 19.4 Å². The van der Waals surface area contributed by atoms with Crippen LogP contribution in [0.25, 0.3) is 0 Å². The summed E-state index contributed by atoms with van der Waals surface area (Å²) >= 11 is 6.23. The summed E-state index contributed by atoms with van der Waals surface area (Å²) in [7, 11) is 0. The summed E-state index contributed by atoms with van der Waals surface area (Å²) in [4.78, 5) is 23.4. The number of nitrogens with one attached hydrogen (secondary N) is 1. The molecular weight excluding hydrogens is 306 g/mol. The zero-order valence-electron chi connectivity index (χ0n) is 12.0. The molecule has 1 aliphatic carbocycles. The van der Waals surface area contributed by atoms with Crippen LogP contribution in [-0.2, 0) is 9.53 Å². The van der Waals surface area contributed by atoms with E-state index in [0.29, 0.717) is 17.3 Å². The minimum Gasteiger partial charge on any atom is -0.478 e. The molecule has 1 heterocycles. The van der Waals surface area contributed by atoms with Crippen LogP contribution in [0.4, 0.5) is 5.69 Å². The van der Waals surface area contributed by atoms with Crippen molar-refractivity contribution >= 4 is 29.2 Å². The Bertz CT molecular complexity index is 670. The summed E-state index contributed by atoms with van der Waals surface area (Å²) < 4.78 is 5.14. The van der Waals surface area contributed by atoms with Crippen LogP contribution in [0.15, 0.2) is 24.3 Å². The summed E-state index contributed by atoms with van der Waals surface area (Å²) in [6.07, 6.45) is 4.77. The molecule has 0 aromatic heterocycles. The van der Waals surface area contributed by atoms with Crippen molar-refractivity contribution in [1.29, 1.82) is 0 Å². The lowest BCUT2D eigenvalue weighted by molar-refractivity contribution is -0.145. The summed E-state index contributed by atoms with van der Waals surface area (Å²) in [5.74, 6) is -1.32. The number of carbonyl (C=O) groups is 2. The van der Waals surface area contributed by atoms with Gasteiger partial charge in [0.05, 0.1) is 22.9 Å². The van der Waals surface area contributed by atoms with Gasteiger partial charge < -0.3 is 15.2 Å². The van der Waals surface area contributed by atoms with Crippen molar-refractivity contribution in [3.63, 3.8) is 0 Å². The Labute approximate surface area is 132 Å². The Kier molecular flexibility index (Phi) is 3.83. The average Bonchev–Trinajstić information content (AvgIpc) is 2.96. The van der Waals surface area contributed by atoms with Gasteiger partial charge in [0.2, 0.25) is 0 Å². The lowest BCUT2D eigenvalue weighted by atomic mass is 9.79. The number of halogens is 1. The van der Waals surface area contributed by atoms with Gasteiger partial charge in [-0.2, -0.15) is 0 Å². The number of anilines is 1. The van der Waals surface area contributed by atoms with E-state index in [2.05, 4.69) is 5.32 Å². The molecular formula is C16H16ClNO4. The molecule has 3 rings (SSSR count). The zero-order valence-corrected chi connectivity index (χ0v) is 12.8. The number of carboxylic acid groups (broad SMARTS) is 1. The third-order valence-electron chi connectivity index (χ3n) is 4.21. The molecule has 0 bridgehead atoms. The summed E-state index contributed by atoms with van der Waals surface area (Å²) in [6, 6.07) is 2.56. The number of ether oxygens (including phenoxy) is 1. The van der Waals surface area contributed by atoms with E-state index in [9.17, 15) is 14.7 Å². The van der Waals surface area contributed by atoms with Gasteiger partial charge in [-0.25, -0.2) is 9.59 Å². The number of rotatable bonds is 3. The molecule has 3 atom stereocenters. The van der Waals surface area contributed by atoms with Crippen LogP contribution in [-0.4, -0.2) is 29.7 Å². The van der Waals surface area contributed by atoms with Crippen molar-refractivity contribution in [3.8, 4) is 0 Å². The van der Waals surface area contributed by atoms with E-state index in [-0.39, 0.29) is 23.4 Å². The predicted molar refractivity (Wildman–Crippen MR) is 82.4 cm³/mol. The number of allylic oxidation sites excluding steroid dienone is 2. The van der Waals surface area contributed by atoms with Crippen LogP contribution in [0.5, 0.6) is 0 Å². The van der Waals surface area contributed by atoms with E-state index in [0.717, 1.165) is 12.0 Å². The highest BCUT2D eigenvalue weighted by molar-refractivity contribution is 6.34. The van der Waals surface area contributed by atoms with Gasteiger partial charge in [-0.15, -0.1) is 0 Å². The average molecular weight is 322 g/mol. The van der Waals surface area contributed by atoms with Gasteiger partial charge in [-0.3, -0.25) is 0 Å². The Balaban J connectivity index is 2.05. The van der Waals surface area contributed by atoms with Crippen molar-refractivity contribution in [2.24, 2.45) is 5.92 Å². The smallest absolute Gasteiger partial charge is 0.335 e. The van der Waals surface area contributed by atoms with Gasteiger partial charge in [0.15, 0.2) is 0 Å². The fraction of sp³-hybridized carbons (Fsp3) is 0.375. The van der Waals surface area contributed by atoms with Crippen molar-refractivity contribution in [2.45, 2.75) is 25.3 Å².